The number of halogens is 1. The fourth-order valence-electron chi connectivity index (χ4n) is 0.872. The molecule has 1 rings (SSSR count). The maximum Gasteiger partial charge on any atom is 0.413 e. The number of hydrogen-bond donors (Lipinski definition) is 1. The van der Waals surface area contributed by atoms with Crippen molar-refractivity contribution < 1.29 is 14.3 Å². The number of hydrogen-bond acceptors (Lipinski definition) is 5. The van der Waals surface area contributed by atoms with Gasteiger partial charge in [-0.3, -0.25) is 10.1 Å². The van der Waals surface area contributed by atoms with Gasteiger partial charge in [0.25, 0.3) is 0 Å². The Hall–Kier alpha value is -1.14. The Morgan fingerprint density at radius 1 is 1.69 bits per heavy atom. The number of amides is 1. The van der Waals surface area contributed by atoms with E-state index in [-0.39, 0.29) is 15.2 Å². The number of ether oxygens (including phenoxy) is 1. The van der Waals surface area contributed by atoms with E-state index < -0.39 is 6.09 Å². The highest BCUT2D eigenvalue weighted by molar-refractivity contribution is 7.17. The minimum absolute atomic E-state index is 0.0869. The number of anilines is 1. The summed E-state index contributed by atoms with van der Waals surface area (Å²) in [5.74, 6) is 0. The molecule has 0 unspecified atom stereocenters. The topological polar surface area (TPSA) is 68.3 Å². The van der Waals surface area contributed by atoms with Gasteiger partial charge in [0.05, 0.1) is 6.61 Å². The predicted molar refractivity (Wildman–Crippen MR) is 62.4 cm³/mol. The fraction of sp³-hybridized carbons (Fsp3) is 0.444. The van der Waals surface area contributed by atoms with Crippen molar-refractivity contribution >= 4 is 40.4 Å². The van der Waals surface area contributed by atoms with Crippen LogP contribution in [0.25, 0.3) is 0 Å². The summed E-state index contributed by atoms with van der Waals surface area (Å²) in [5.41, 5.74) is 0. The molecule has 1 amide bonds. The number of nitrogens with one attached hydrogen (secondary N) is 1. The lowest BCUT2D eigenvalue weighted by atomic mass is 10.4. The van der Waals surface area contributed by atoms with Gasteiger partial charge in [-0.1, -0.05) is 36.3 Å². The summed E-state index contributed by atoms with van der Waals surface area (Å²) >= 11 is 6.64. The number of aromatic nitrogens is 1. The quantitative estimate of drug-likeness (QED) is 0.654. The number of thiazole rings is 1. The molecule has 0 aliphatic carbocycles. The summed E-state index contributed by atoms with van der Waals surface area (Å²) in [5, 5.41) is 2.74. The van der Waals surface area contributed by atoms with Crippen molar-refractivity contribution in [3.8, 4) is 0 Å². The maximum absolute atomic E-state index is 11.2. The van der Waals surface area contributed by atoms with E-state index in [2.05, 4.69) is 10.3 Å². The molecule has 0 bridgehead atoms. The second kappa shape index (κ2) is 6.44. The second-order valence-corrected chi connectivity index (χ2v) is 4.30. The SMILES string of the molecule is CCCCOC(=O)Nc1nc(Cl)c(C=O)s1. The van der Waals surface area contributed by atoms with Gasteiger partial charge < -0.3 is 4.74 Å². The van der Waals surface area contributed by atoms with Crippen LogP contribution >= 0.6 is 22.9 Å². The lowest BCUT2D eigenvalue weighted by molar-refractivity contribution is 0.112. The molecule has 5 nitrogen and oxygen atoms in total. The maximum atomic E-state index is 11.2. The highest BCUT2D eigenvalue weighted by atomic mass is 35.5. The molecule has 1 N–H and O–H groups in total. The molecular formula is C9H11ClN2O3S. The monoisotopic (exact) mass is 262 g/mol. The van der Waals surface area contributed by atoms with Crippen molar-refractivity contribution in [1.82, 2.24) is 4.98 Å². The van der Waals surface area contributed by atoms with E-state index in [0.29, 0.717) is 12.9 Å². The fourth-order valence-corrected chi connectivity index (χ4v) is 1.82. The summed E-state index contributed by atoms with van der Waals surface area (Å²) < 4.78 is 4.85. The average Bonchev–Trinajstić information content (AvgIpc) is 2.59. The van der Waals surface area contributed by atoms with Gasteiger partial charge in [0, 0.05) is 0 Å². The Labute approximate surface area is 102 Å². The van der Waals surface area contributed by atoms with Crippen LogP contribution in [0.4, 0.5) is 9.93 Å². The zero-order chi connectivity index (χ0) is 12.0. The van der Waals surface area contributed by atoms with Gasteiger partial charge >= 0.3 is 6.09 Å². The van der Waals surface area contributed by atoms with Gasteiger partial charge in [0.15, 0.2) is 16.6 Å². The van der Waals surface area contributed by atoms with E-state index in [1.165, 1.54) is 0 Å². The molecule has 0 saturated carbocycles. The smallest absolute Gasteiger partial charge is 0.413 e. The first-order valence-corrected chi connectivity index (χ1v) is 5.92. The van der Waals surface area contributed by atoms with Gasteiger partial charge in [0.1, 0.15) is 4.88 Å². The normalized spacial score (nSPS) is 9.88. The first-order chi connectivity index (χ1) is 7.67. The van der Waals surface area contributed by atoms with Crippen molar-refractivity contribution in [1.29, 1.82) is 0 Å². The van der Waals surface area contributed by atoms with Crippen molar-refractivity contribution in [3.63, 3.8) is 0 Å². The number of aldehydes is 1. The Balaban J connectivity index is 2.46. The van der Waals surface area contributed by atoms with Crippen LogP contribution in [0.1, 0.15) is 29.4 Å². The number of carbonyl (C=O) groups excluding carboxylic acids is 2. The molecule has 0 aliphatic rings. The third-order valence-corrected chi connectivity index (χ3v) is 2.95. The highest BCUT2D eigenvalue weighted by Crippen LogP contribution is 2.25. The first kappa shape index (κ1) is 12.9. The predicted octanol–water partition coefficient (Wildman–Crippen LogP) is 2.96. The highest BCUT2D eigenvalue weighted by Gasteiger charge is 2.11. The molecule has 0 aromatic carbocycles. The van der Waals surface area contributed by atoms with Crippen molar-refractivity contribution in [3.05, 3.63) is 10.0 Å². The molecule has 0 fully saturated rings. The largest absolute Gasteiger partial charge is 0.449 e. The lowest BCUT2D eigenvalue weighted by Crippen LogP contribution is -2.14. The van der Waals surface area contributed by atoms with Crippen LogP contribution in [0.15, 0.2) is 0 Å². The zero-order valence-electron chi connectivity index (χ0n) is 8.66. The summed E-state index contributed by atoms with van der Waals surface area (Å²) in [7, 11) is 0. The lowest BCUT2D eigenvalue weighted by Gasteiger charge is -2.02. The molecule has 88 valence electrons. The average molecular weight is 263 g/mol. The number of unbranched alkanes of at least 4 members (excludes halogenated alkanes) is 1. The molecule has 1 aromatic rings. The molecule has 0 saturated heterocycles. The van der Waals surface area contributed by atoms with Crippen LogP contribution in [-0.4, -0.2) is 24.0 Å². The van der Waals surface area contributed by atoms with Crippen LogP contribution in [-0.2, 0) is 4.74 Å². The Bertz CT molecular complexity index is 381. The van der Waals surface area contributed by atoms with Crippen LogP contribution < -0.4 is 5.32 Å². The summed E-state index contributed by atoms with van der Waals surface area (Å²) in [4.78, 5) is 25.8. The van der Waals surface area contributed by atoms with E-state index in [1.807, 2.05) is 6.92 Å². The van der Waals surface area contributed by atoms with E-state index in [9.17, 15) is 9.59 Å². The molecule has 0 atom stereocenters. The number of carbonyl (C=O) groups is 2. The Morgan fingerprint density at radius 2 is 2.44 bits per heavy atom. The van der Waals surface area contributed by atoms with Gasteiger partial charge in [-0.25, -0.2) is 9.78 Å². The summed E-state index contributed by atoms with van der Waals surface area (Å²) in [6, 6.07) is 0. The third-order valence-electron chi connectivity index (χ3n) is 1.66. The van der Waals surface area contributed by atoms with Crippen LogP contribution in [0.3, 0.4) is 0 Å². The van der Waals surface area contributed by atoms with E-state index in [0.717, 1.165) is 24.2 Å². The standard InChI is InChI=1S/C9H11ClN2O3S/c1-2-3-4-15-9(14)12-8-11-7(10)6(5-13)16-8/h5H,2-4H2,1H3,(H,11,12,14). The first-order valence-electron chi connectivity index (χ1n) is 4.72. The van der Waals surface area contributed by atoms with Crippen molar-refractivity contribution in [2.75, 3.05) is 11.9 Å². The van der Waals surface area contributed by atoms with E-state index >= 15 is 0 Å². The van der Waals surface area contributed by atoms with Gasteiger partial charge in [-0.05, 0) is 6.42 Å². The van der Waals surface area contributed by atoms with E-state index in [1.54, 1.807) is 0 Å². The molecular weight excluding hydrogens is 252 g/mol. The van der Waals surface area contributed by atoms with Crippen LogP contribution in [0.2, 0.25) is 5.15 Å². The third kappa shape index (κ3) is 3.79. The molecule has 0 aliphatic heterocycles. The second-order valence-electron chi connectivity index (χ2n) is 2.91. The zero-order valence-corrected chi connectivity index (χ0v) is 10.2. The molecule has 0 spiro atoms. The minimum Gasteiger partial charge on any atom is -0.449 e. The van der Waals surface area contributed by atoms with Crippen LogP contribution in [0.5, 0.6) is 0 Å². The van der Waals surface area contributed by atoms with Gasteiger partial charge in [-0.15, -0.1) is 0 Å². The van der Waals surface area contributed by atoms with E-state index in [4.69, 9.17) is 16.3 Å². The molecule has 0 radical (unpaired) electrons. The summed E-state index contributed by atoms with van der Waals surface area (Å²) in [6.07, 6.45) is 1.77. The van der Waals surface area contributed by atoms with Crippen molar-refractivity contribution in [2.45, 2.75) is 19.8 Å². The Kier molecular flexibility index (Phi) is 5.21. The van der Waals surface area contributed by atoms with Crippen molar-refractivity contribution in [2.24, 2.45) is 0 Å². The minimum atomic E-state index is -0.587. The van der Waals surface area contributed by atoms with Gasteiger partial charge in [-0.2, -0.15) is 0 Å². The molecule has 1 aromatic heterocycles. The Morgan fingerprint density at radius 3 is 3.00 bits per heavy atom. The summed E-state index contributed by atoms with van der Waals surface area (Å²) in [6.45, 7) is 2.36. The van der Waals surface area contributed by atoms with Gasteiger partial charge in [0.2, 0.25) is 0 Å². The molecule has 7 heteroatoms. The number of nitrogens with zero attached hydrogens (tertiary/aromatic N) is 1. The number of rotatable bonds is 5. The molecule has 1 heterocycles. The van der Waals surface area contributed by atoms with Crippen LogP contribution in [0, 0.1) is 0 Å². The molecule has 16 heavy (non-hydrogen) atoms.